The third-order valence-electron chi connectivity index (χ3n) is 4.31. The normalized spacial score (nSPS) is 19.8. The number of hydrogen-bond donors (Lipinski definition) is 1. The van der Waals surface area contributed by atoms with Crippen molar-refractivity contribution in [3.05, 3.63) is 11.4 Å². The largest absolute Gasteiger partial charge is 0.373 e. The lowest BCUT2D eigenvalue weighted by molar-refractivity contribution is 0.435. The van der Waals surface area contributed by atoms with Crippen molar-refractivity contribution >= 4 is 11.6 Å². The molecule has 0 bridgehead atoms. The van der Waals surface area contributed by atoms with Crippen LogP contribution in [0, 0.1) is 19.8 Å². The maximum absolute atomic E-state index is 4.69. The van der Waals surface area contributed by atoms with Crippen LogP contribution in [0.4, 0.5) is 11.6 Å². The van der Waals surface area contributed by atoms with Gasteiger partial charge in [-0.25, -0.2) is 9.97 Å². The molecule has 4 nitrogen and oxygen atoms in total. The van der Waals surface area contributed by atoms with Gasteiger partial charge < -0.3 is 10.2 Å². The molecule has 2 rings (SSSR count). The number of nitrogens with one attached hydrogen (secondary N) is 1. The van der Waals surface area contributed by atoms with Gasteiger partial charge in [0.1, 0.15) is 17.5 Å². The van der Waals surface area contributed by atoms with Crippen molar-refractivity contribution in [2.45, 2.75) is 52.9 Å². The summed E-state index contributed by atoms with van der Waals surface area (Å²) in [6.45, 7) is 8.64. The number of rotatable bonds is 4. The van der Waals surface area contributed by atoms with E-state index in [4.69, 9.17) is 4.98 Å². The van der Waals surface area contributed by atoms with Crippen molar-refractivity contribution in [2.24, 2.45) is 5.92 Å². The van der Waals surface area contributed by atoms with Gasteiger partial charge >= 0.3 is 0 Å². The molecule has 0 radical (unpaired) electrons. The molecule has 1 atom stereocenters. The third kappa shape index (κ3) is 3.41. The van der Waals surface area contributed by atoms with Gasteiger partial charge in [-0.15, -0.1) is 0 Å². The highest BCUT2D eigenvalue weighted by atomic mass is 15.2. The van der Waals surface area contributed by atoms with Crippen molar-refractivity contribution < 1.29 is 0 Å². The molecule has 0 aliphatic carbocycles. The van der Waals surface area contributed by atoms with Crippen LogP contribution < -0.4 is 10.2 Å². The van der Waals surface area contributed by atoms with Crippen LogP contribution in [-0.2, 0) is 0 Å². The summed E-state index contributed by atoms with van der Waals surface area (Å²) in [7, 11) is 1.93. The molecule has 1 aromatic rings. The second-order valence-corrected chi connectivity index (χ2v) is 5.89. The molecular formula is C16H28N4. The van der Waals surface area contributed by atoms with E-state index < -0.39 is 0 Å². The Hall–Kier alpha value is -1.32. The van der Waals surface area contributed by atoms with Gasteiger partial charge in [-0.05, 0) is 39.0 Å². The van der Waals surface area contributed by atoms with E-state index in [2.05, 4.69) is 29.0 Å². The first kappa shape index (κ1) is 15.1. The van der Waals surface area contributed by atoms with Crippen molar-refractivity contribution in [1.82, 2.24) is 9.97 Å². The minimum atomic E-state index is 0.851. The van der Waals surface area contributed by atoms with Gasteiger partial charge in [0.25, 0.3) is 0 Å². The van der Waals surface area contributed by atoms with Gasteiger partial charge in [-0.2, -0.15) is 0 Å². The Labute approximate surface area is 123 Å². The summed E-state index contributed by atoms with van der Waals surface area (Å²) in [4.78, 5) is 11.6. The first-order valence-corrected chi connectivity index (χ1v) is 7.93. The number of anilines is 2. The molecule has 1 aliphatic heterocycles. The Morgan fingerprint density at radius 2 is 2.00 bits per heavy atom. The van der Waals surface area contributed by atoms with Gasteiger partial charge in [0.2, 0.25) is 0 Å². The lowest BCUT2D eigenvalue weighted by Gasteiger charge is -2.24. The molecule has 0 saturated carbocycles. The molecule has 0 amide bonds. The van der Waals surface area contributed by atoms with E-state index >= 15 is 0 Å². The van der Waals surface area contributed by atoms with Crippen molar-refractivity contribution in [3.8, 4) is 0 Å². The molecule has 1 N–H and O–H groups in total. The van der Waals surface area contributed by atoms with E-state index in [9.17, 15) is 0 Å². The minimum absolute atomic E-state index is 0.851. The van der Waals surface area contributed by atoms with Gasteiger partial charge in [-0.3, -0.25) is 0 Å². The smallest absolute Gasteiger partial charge is 0.137 e. The van der Waals surface area contributed by atoms with E-state index in [0.717, 1.165) is 36.5 Å². The molecule has 0 aromatic carbocycles. The predicted molar refractivity (Wildman–Crippen MR) is 85.5 cm³/mol. The Bertz CT molecular complexity index is 444. The average molecular weight is 276 g/mol. The first-order chi connectivity index (χ1) is 9.65. The SMILES string of the molecule is CCCC1CCCN(c2nc(C)nc(NC)c2C)CC1. The quantitative estimate of drug-likeness (QED) is 0.913. The van der Waals surface area contributed by atoms with Gasteiger partial charge in [0.05, 0.1) is 0 Å². The maximum Gasteiger partial charge on any atom is 0.137 e. The molecule has 1 fully saturated rings. The van der Waals surface area contributed by atoms with Crippen LogP contribution in [0.5, 0.6) is 0 Å². The van der Waals surface area contributed by atoms with Gasteiger partial charge in [0.15, 0.2) is 0 Å². The maximum atomic E-state index is 4.69. The first-order valence-electron chi connectivity index (χ1n) is 7.93. The summed E-state index contributed by atoms with van der Waals surface area (Å²) in [6, 6.07) is 0. The molecule has 20 heavy (non-hydrogen) atoms. The summed E-state index contributed by atoms with van der Waals surface area (Å²) in [5.74, 6) is 3.84. The Morgan fingerprint density at radius 1 is 1.20 bits per heavy atom. The molecular weight excluding hydrogens is 248 g/mol. The summed E-state index contributed by atoms with van der Waals surface area (Å²) in [5, 5.41) is 3.18. The van der Waals surface area contributed by atoms with E-state index in [1.807, 2.05) is 14.0 Å². The van der Waals surface area contributed by atoms with Crippen LogP contribution in [0.3, 0.4) is 0 Å². The fourth-order valence-electron chi connectivity index (χ4n) is 3.24. The molecule has 1 saturated heterocycles. The van der Waals surface area contributed by atoms with E-state index in [0.29, 0.717) is 0 Å². The number of nitrogens with zero attached hydrogens (tertiary/aromatic N) is 3. The van der Waals surface area contributed by atoms with E-state index in [1.54, 1.807) is 0 Å². The van der Waals surface area contributed by atoms with Crippen LogP contribution >= 0.6 is 0 Å². The molecule has 1 unspecified atom stereocenters. The lowest BCUT2D eigenvalue weighted by atomic mass is 9.96. The van der Waals surface area contributed by atoms with Crippen molar-refractivity contribution in [2.75, 3.05) is 30.4 Å². The molecule has 2 heterocycles. The van der Waals surface area contributed by atoms with Crippen LogP contribution in [0.2, 0.25) is 0 Å². The highest BCUT2D eigenvalue weighted by Crippen LogP contribution is 2.28. The summed E-state index contributed by atoms with van der Waals surface area (Å²) >= 11 is 0. The highest BCUT2D eigenvalue weighted by Gasteiger charge is 2.20. The molecule has 1 aliphatic rings. The van der Waals surface area contributed by atoms with Gasteiger partial charge in [-0.1, -0.05) is 19.8 Å². The standard InChI is InChI=1S/C16H28N4/c1-5-7-14-8-6-10-20(11-9-14)16-12(2)15(17-4)18-13(3)19-16/h14H,5-11H2,1-4H3,(H,17,18,19). The Kier molecular flexibility index (Phi) is 5.21. The van der Waals surface area contributed by atoms with Gasteiger partial charge in [0, 0.05) is 25.7 Å². The summed E-state index contributed by atoms with van der Waals surface area (Å²) < 4.78 is 0. The van der Waals surface area contributed by atoms with E-state index in [-0.39, 0.29) is 0 Å². The zero-order valence-corrected chi connectivity index (χ0v) is 13.4. The topological polar surface area (TPSA) is 41.1 Å². The van der Waals surface area contributed by atoms with Crippen LogP contribution in [-0.4, -0.2) is 30.1 Å². The third-order valence-corrected chi connectivity index (χ3v) is 4.31. The van der Waals surface area contributed by atoms with Crippen molar-refractivity contribution in [3.63, 3.8) is 0 Å². The average Bonchev–Trinajstić information content (AvgIpc) is 2.67. The fourth-order valence-corrected chi connectivity index (χ4v) is 3.24. The highest BCUT2D eigenvalue weighted by molar-refractivity contribution is 5.58. The summed E-state index contributed by atoms with van der Waals surface area (Å²) in [6.07, 6.45) is 6.62. The number of hydrogen-bond acceptors (Lipinski definition) is 4. The van der Waals surface area contributed by atoms with Crippen LogP contribution in [0.15, 0.2) is 0 Å². The number of aromatic nitrogens is 2. The predicted octanol–water partition coefficient (Wildman–Crippen LogP) is 3.54. The fraction of sp³-hybridized carbons (Fsp3) is 0.750. The van der Waals surface area contributed by atoms with E-state index in [1.165, 1.54) is 37.7 Å². The molecule has 4 heteroatoms. The second-order valence-electron chi connectivity index (χ2n) is 5.89. The minimum Gasteiger partial charge on any atom is -0.373 e. The number of aryl methyl sites for hydroxylation is 1. The monoisotopic (exact) mass is 276 g/mol. The van der Waals surface area contributed by atoms with Crippen molar-refractivity contribution in [1.29, 1.82) is 0 Å². The lowest BCUT2D eigenvalue weighted by Crippen LogP contribution is -2.27. The van der Waals surface area contributed by atoms with Crippen LogP contribution in [0.1, 0.15) is 50.4 Å². The molecule has 1 aromatic heterocycles. The zero-order valence-electron chi connectivity index (χ0n) is 13.4. The Balaban J connectivity index is 2.17. The zero-order chi connectivity index (χ0) is 14.5. The molecule has 112 valence electrons. The second kappa shape index (κ2) is 6.91. The van der Waals surface area contributed by atoms with Crippen LogP contribution in [0.25, 0.3) is 0 Å². The Morgan fingerprint density at radius 3 is 2.70 bits per heavy atom. The molecule has 0 spiro atoms. The summed E-state index contributed by atoms with van der Waals surface area (Å²) in [5.41, 5.74) is 1.17.